The second kappa shape index (κ2) is 9.73. The summed E-state index contributed by atoms with van der Waals surface area (Å²) in [4.78, 5) is 22.3. The van der Waals surface area contributed by atoms with E-state index in [4.69, 9.17) is 17.0 Å². The Morgan fingerprint density at radius 3 is 2.49 bits per heavy atom. The molecule has 1 aromatic heterocycles. The van der Waals surface area contributed by atoms with Crippen LogP contribution < -0.4 is 10.2 Å². The van der Waals surface area contributed by atoms with Gasteiger partial charge < -0.3 is 15.0 Å². The summed E-state index contributed by atoms with van der Waals surface area (Å²) in [7, 11) is 0. The van der Waals surface area contributed by atoms with Gasteiger partial charge in [0.1, 0.15) is 10.6 Å². The van der Waals surface area contributed by atoms with Crippen molar-refractivity contribution in [1.82, 2.24) is 19.8 Å². The molecule has 0 radical (unpaired) electrons. The summed E-state index contributed by atoms with van der Waals surface area (Å²) in [6.45, 7) is 6.04. The van der Waals surface area contributed by atoms with E-state index in [1.807, 2.05) is 24.5 Å². The van der Waals surface area contributed by atoms with Gasteiger partial charge in [0.05, 0.1) is 29.2 Å². The van der Waals surface area contributed by atoms with Gasteiger partial charge >= 0.3 is 0 Å². The number of nitrogens with one attached hydrogen (secondary N) is 1. The molecule has 4 heterocycles. The SMILES string of the molecule is O=C1NC(=S)SC1=Cc1ccc2ncn(-c3ccc(N4CCC(N5CCOCC5)CC4)cc3)c2c1. The molecule has 1 N–H and O–H groups in total. The molecule has 0 unspecified atom stereocenters. The van der Waals surface area contributed by atoms with E-state index < -0.39 is 0 Å². The van der Waals surface area contributed by atoms with Crippen molar-refractivity contribution in [2.24, 2.45) is 0 Å². The summed E-state index contributed by atoms with van der Waals surface area (Å²) < 4.78 is 8.10. The molecule has 180 valence electrons. The highest BCUT2D eigenvalue weighted by Crippen LogP contribution is 2.29. The highest BCUT2D eigenvalue weighted by molar-refractivity contribution is 8.26. The van der Waals surface area contributed by atoms with Crippen molar-refractivity contribution in [2.75, 3.05) is 44.3 Å². The van der Waals surface area contributed by atoms with Crippen molar-refractivity contribution in [3.8, 4) is 5.69 Å². The van der Waals surface area contributed by atoms with Crippen molar-refractivity contribution in [3.63, 3.8) is 0 Å². The Morgan fingerprint density at radius 2 is 1.77 bits per heavy atom. The number of thioether (sulfide) groups is 1. The summed E-state index contributed by atoms with van der Waals surface area (Å²) in [6, 6.07) is 15.5. The minimum atomic E-state index is -0.141. The number of anilines is 1. The first-order chi connectivity index (χ1) is 17.1. The Morgan fingerprint density at radius 1 is 1.03 bits per heavy atom. The van der Waals surface area contributed by atoms with Crippen LogP contribution in [0.2, 0.25) is 0 Å². The van der Waals surface area contributed by atoms with Crippen LogP contribution in [0.4, 0.5) is 5.69 Å². The summed E-state index contributed by atoms with van der Waals surface area (Å²) in [5.74, 6) is -0.141. The van der Waals surface area contributed by atoms with Gasteiger partial charge in [-0.05, 0) is 60.9 Å². The number of hydrogen-bond acceptors (Lipinski definition) is 7. The molecule has 3 aliphatic heterocycles. The Kier molecular flexibility index (Phi) is 6.32. The molecule has 0 saturated carbocycles. The lowest BCUT2D eigenvalue weighted by Crippen LogP contribution is -2.49. The maximum absolute atomic E-state index is 12.0. The van der Waals surface area contributed by atoms with Gasteiger partial charge in [-0.25, -0.2) is 4.98 Å². The molecule has 0 bridgehead atoms. The van der Waals surface area contributed by atoms with Gasteiger partial charge in [-0.3, -0.25) is 14.3 Å². The number of thiocarbonyl (C=S) groups is 1. The third kappa shape index (κ3) is 4.73. The van der Waals surface area contributed by atoms with Crippen molar-refractivity contribution in [3.05, 3.63) is 59.3 Å². The lowest BCUT2D eigenvalue weighted by molar-refractivity contribution is -0.115. The molecule has 35 heavy (non-hydrogen) atoms. The number of hydrogen-bond donors (Lipinski definition) is 1. The van der Waals surface area contributed by atoms with E-state index in [1.165, 1.54) is 30.3 Å². The fraction of sp³-hybridized carbons (Fsp3) is 0.346. The Hall–Kier alpha value is -2.72. The predicted octanol–water partition coefficient (Wildman–Crippen LogP) is 3.82. The predicted molar refractivity (Wildman–Crippen MR) is 145 cm³/mol. The number of fused-ring (bicyclic) bond motifs is 1. The maximum atomic E-state index is 12.0. The number of nitrogens with zero attached hydrogens (tertiary/aromatic N) is 4. The average molecular weight is 506 g/mol. The molecular formula is C26H27N5O2S2. The highest BCUT2D eigenvalue weighted by atomic mass is 32.2. The Labute approximate surface area is 214 Å². The van der Waals surface area contributed by atoms with Gasteiger partial charge in [0.2, 0.25) is 0 Å². The standard InChI is InChI=1S/C26H27N5O2S2/c32-25-24(35-26(34)28-25)16-18-1-6-22-23(15-18)31(17-27-22)21-4-2-19(3-5-21)29-9-7-20(8-10-29)30-11-13-33-14-12-30/h1-6,15-17,20H,7-14H2,(H,28,32,34). The van der Waals surface area contributed by atoms with E-state index in [-0.39, 0.29) is 5.91 Å². The molecule has 9 heteroatoms. The number of ether oxygens (including phenoxy) is 1. The van der Waals surface area contributed by atoms with Crippen molar-refractivity contribution in [1.29, 1.82) is 0 Å². The zero-order valence-corrected chi connectivity index (χ0v) is 21.0. The van der Waals surface area contributed by atoms with Gasteiger partial charge in [-0.1, -0.05) is 30.0 Å². The second-order valence-electron chi connectivity index (χ2n) is 9.10. The highest BCUT2D eigenvalue weighted by Gasteiger charge is 2.26. The number of carbonyl (C=O) groups is 1. The molecular weight excluding hydrogens is 478 g/mol. The van der Waals surface area contributed by atoms with Crippen LogP contribution in [0.1, 0.15) is 18.4 Å². The third-order valence-corrected chi connectivity index (χ3v) is 8.19. The van der Waals surface area contributed by atoms with Crippen LogP contribution in [-0.2, 0) is 9.53 Å². The summed E-state index contributed by atoms with van der Waals surface area (Å²) >= 11 is 6.39. The molecule has 1 amide bonds. The van der Waals surface area contributed by atoms with Crippen LogP contribution in [0.15, 0.2) is 53.7 Å². The van der Waals surface area contributed by atoms with Crippen LogP contribution in [0.5, 0.6) is 0 Å². The number of amides is 1. The first-order valence-electron chi connectivity index (χ1n) is 12.0. The van der Waals surface area contributed by atoms with E-state index in [9.17, 15) is 4.79 Å². The van der Waals surface area contributed by atoms with E-state index >= 15 is 0 Å². The monoisotopic (exact) mass is 505 g/mol. The zero-order valence-electron chi connectivity index (χ0n) is 19.4. The topological polar surface area (TPSA) is 62.6 Å². The molecule has 0 spiro atoms. The molecule has 0 atom stereocenters. The molecule has 3 aliphatic rings. The summed E-state index contributed by atoms with van der Waals surface area (Å²) in [6.07, 6.45) is 6.14. The van der Waals surface area contributed by atoms with Crippen molar-refractivity contribution >= 4 is 57.0 Å². The number of morpholine rings is 1. The van der Waals surface area contributed by atoms with Crippen LogP contribution in [0.25, 0.3) is 22.8 Å². The number of aromatic nitrogens is 2. The maximum Gasteiger partial charge on any atom is 0.263 e. The summed E-state index contributed by atoms with van der Waals surface area (Å²) in [5, 5.41) is 2.67. The Bertz CT molecular complexity index is 1290. The Balaban J connectivity index is 1.18. The van der Waals surface area contributed by atoms with Crippen LogP contribution in [0.3, 0.4) is 0 Å². The van der Waals surface area contributed by atoms with Gasteiger partial charge in [-0.15, -0.1) is 0 Å². The molecule has 3 aromatic rings. The number of imidazole rings is 1. The van der Waals surface area contributed by atoms with E-state index in [1.54, 1.807) is 0 Å². The number of piperidine rings is 1. The van der Waals surface area contributed by atoms with Crippen LogP contribution >= 0.6 is 24.0 Å². The lowest BCUT2D eigenvalue weighted by Gasteiger charge is -2.40. The number of benzene rings is 2. The van der Waals surface area contributed by atoms with Crippen molar-refractivity contribution in [2.45, 2.75) is 18.9 Å². The number of rotatable bonds is 4. The second-order valence-corrected chi connectivity index (χ2v) is 10.8. The first kappa shape index (κ1) is 22.7. The largest absolute Gasteiger partial charge is 0.379 e. The normalized spacial score (nSPS) is 21.3. The molecule has 3 saturated heterocycles. The third-order valence-electron chi connectivity index (χ3n) is 7.03. The van der Waals surface area contributed by atoms with Gasteiger partial charge in [0.25, 0.3) is 5.91 Å². The molecule has 3 fully saturated rings. The smallest absolute Gasteiger partial charge is 0.263 e. The minimum Gasteiger partial charge on any atom is -0.379 e. The van der Waals surface area contributed by atoms with Gasteiger partial charge in [0, 0.05) is 43.6 Å². The van der Waals surface area contributed by atoms with Gasteiger partial charge in [0.15, 0.2) is 0 Å². The lowest BCUT2D eigenvalue weighted by atomic mass is 10.0. The fourth-order valence-corrected chi connectivity index (χ4v) is 6.19. The zero-order chi connectivity index (χ0) is 23.8. The minimum absolute atomic E-state index is 0.141. The van der Waals surface area contributed by atoms with Crippen LogP contribution in [-0.4, -0.2) is 70.1 Å². The first-order valence-corrected chi connectivity index (χ1v) is 13.3. The van der Waals surface area contributed by atoms with Crippen LogP contribution in [0, 0.1) is 0 Å². The quantitative estimate of drug-likeness (QED) is 0.427. The fourth-order valence-electron chi connectivity index (χ4n) is 5.15. The number of carbonyl (C=O) groups excluding carboxylic acids is 1. The van der Waals surface area contributed by atoms with E-state index in [2.05, 4.69) is 55.0 Å². The molecule has 6 rings (SSSR count). The summed E-state index contributed by atoms with van der Waals surface area (Å²) in [5.41, 5.74) is 5.20. The van der Waals surface area contributed by atoms with E-state index in [0.29, 0.717) is 15.3 Å². The molecule has 7 nitrogen and oxygen atoms in total. The van der Waals surface area contributed by atoms with E-state index in [0.717, 1.165) is 61.7 Å². The van der Waals surface area contributed by atoms with Crippen molar-refractivity contribution < 1.29 is 9.53 Å². The molecule has 2 aromatic carbocycles. The van der Waals surface area contributed by atoms with Gasteiger partial charge in [-0.2, -0.15) is 0 Å². The molecule has 0 aliphatic carbocycles. The average Bonchev–Trinajstić information content (AvgIpc) is 3.46.